The van der Waals surface area contributed by atoms with Crippen molar-refractivity contribution < 1.29 is 19.4 Å². The fourth-order valence-electron chi connectivity index (χ4n) is 2.58. The Bertz CT molecular complexity index is 690. The summed E-state index contributed by atoms with van der Waals surface area (Å²) in [4.78, 5) is 12.0. The Morgan fingerprint density at radius 3 is 2.70 bits per heavy atom. The van der Waals surface area contributed by atoms with E-state index in [0.29, 0.717) is 28.7 Å². The first-order chi connectivity index (χ1) is 11.2. The molecule has 0 saturated carbocycles. The van der Waals surface area contributed by atoms with Crippen LogP contribution in [0.5, 0.6) is 11.5 Å². The Balaban J connectivity index is 2.21. The summed E-state index contributed by atoms with van der Waals surface area (Å²) in [5, 5.41) is 19.7. The van der Waals surface area contributed by atoms with Crippen molar-refractivity contribution in [2.75, 3.05) is 13.2 Å². The first-order valence-electron chi connectivity index (χ1n) is 8.19. The second-order valence-electron chi connectivity index (χ2n) is 5.61. The zero-order valence-electron chi connectivity index (χ0n) is 13.5. The lowest BCUT2D eigenvalue weighted by Crippen LogP contribution is -2.08. The zero-order chi connectivity index (χ0) is 16.7. The molecule has 2 rings (SSSR count). The molecule has 0 radical (unpaired) electrons. The fraction of sp³-hybridized carbons (Fsp3) is 0.500. The average Bonchev–Trinajstić information content (AvgIpc) is 2.55. The van der Waals surface area contributed by atoms with Crippen molar-refractivity contribution in [2.24, 2.45) is 0 Å². The van der Waals surface area contributed by atoms with Crippen LogP contribution in [-0.4, -0.2) is 23.4 Å². The number of hydrogen-bond acceptors (Lipinski definition) is 5. The van der Waals surface area contributed by atoms with Gasteiger partial charge >= 0.3 is 5.63 Å². The smallest absolute Gasteiger partial charge is 0.343 e. The Morgan fingerprint density at radius 1 is 1.17 bits per heavy atom. The van der Waals surface area contributed by atoms with Crippen molar-refractivity contribution in [2.45, 2.75) is 45.4 Å². The highest BCUT2D eigenvalue weighted by atomic mass is 16.5. The van der Waals surface area contributed by atoms with Crippen LogP contribution in [0.3, 0.4) is 0 Å². The van der Waals surface area contributed by atoms with Crippen LogP contribution in [0.15, 0.2) is 27.4 Å². The minimum atomic E-state index is -0.477. The summed E-state index contributed by atoms with van der Waals surface area (Å²) in [6.45, 7) is 2.24. The third-order valence-electron chi connectivity index (χ3n) is 3.83. The van der Waals surface area contributed by atoms with Gasteiger partial charge in [-0.15, -0.1) is 0 Å². The largest absolute Gasteiger partial charge is 0.507 e. The van der Waals surface area contributed by atoms with Gasteiger partial charge in [0.15, 0.2) is 0 Å². The first-order valence-corrected chi connectivity index (χ1v) is 8.19. The number of aliphatic hydroxyl groups excluding tert-OH is 1. The second-order valence-corrected chi connectivity index (χ2v) is 5.61. The van der Waals surface area contributed by atoms with Crippen molar-refractivity contribution in [3.05, 3.63) is 34.2 Å². The number of rotatable bonds is 9. The molecule has 2 N–H and O–H groups in total. The van der Waals surface area contributed by atoms with Crippen LogP contribution in [0.25, 0.3) is 11.0 Å². The van der Waals surface area contributed by atoms with E-state index in [1.165, 1.54) is 12.8 Å². The van der Waals surface area contributed by atoms with E-state index in [-0.39, 0.29) is 19.0 Å². The van der Waals surface area contributed by atoms with Crippen molar-refractivity contribution in [1.29, 1.82) is 0 Å². The standard InChI is InChI=1S/C18H24O5/c1-2-3-4-5-6-7-14-17(20)15-12-13(22-11-10-19)8-9-16(15)23-18(14)21/h8-9,12,19-20H,2-7,10-11H2,1H3. The summed E-state index contributed by atoms with van der Waals surface area (Å²) in [5.41, 5.74) is 0.182. The molecule has 0 atom stereocenters. The van der Waals surface area contributed by atoms with Gasteiger partial charge in [-0.05, 0) is 31.0 Å². The van der Waals surface area contributed by atoms with Gasteiger partial charge in [-0.2, -0.15) is 0 Å². The van der Waals surface area contributed by atoms with Gasteiger partial charge in [0, 0.05) is 0 Å². The van der Waals surface area contributed by atoms with E-state index in [1.54, 1.807) is 18.2 Å². The van der Waals surface area contributed by atoms with Gasteiger partial charge in [0.05, 0.1) is 17.6 Å². The van der Waals surface area contributed by atoms with E-state index in [9.17, 15) is 9.90 Å². The Hall–Kier alpha value is -2.01. The number of ether oxygens (including phenoxy) is 1. The van der Waals surface area contributed by atoms with Crippen LogP contribution in [0.4, 0.5) is 0 Å². The number of fused-ring (bicyclic) bond motifs is 1. The predicted octanol–water partition coefficient (Wildman–Crippen LogP) is 3.38. The SMILES string of the molecule is CCCCCCCc1c(O)c2cc(OCCO)ccc2oc1=O. The summed E-state index contributed by atoms with van der Waals surface area (Å²) >= 11 is 0. The van der Waals surface area contributed by atoms with E-state index in [2.05, 4.69) is 6.92 Å². The van der Waals surface area contributed by atoms with Crippen LogP contribution in [0.1, 0.15) is 44.6 Å². The molecule has 5 nitrogen and oxygen atoms in total. The van der Waals surface area contributed by atoms with Crippen LogP contribution in [0, 0.1) is 0 Å². The lowest BCUT2D eigenvalue weighted by molar-refractivity contribution is 0.201. The molecule has 23 heavy (non-hydrogen) atoms. The molecular weight excluding hydrogens is 296 g/mol. The lowest BCUT2D eigenvalue weighted by atomic mass is 10.0. The highest BCUT2D eigenvalue weighted by molar-refractivity contribution is 5.85. The van der Waals surface area contributed by atoms with E-state index in [1.807, 2.05) is 0 Å². The molecule has 126 valence electrons. The molecule has 5 heteroatoms. The molecule has 0 bridgehead atoms. The normalized spacial score (nSPS) is 11.0. The summed E-state index contributed by atoms with van der Waals surface area (Å²) in [6.07, 6.45) is 5.88. The number of aromatic hydroxyl groups is 1. The molecule has 0 spiro atoms. The lowest BCUT2D eigenvalue weighted by Gasteiger charge is -2.09. The summed E-state index contributed by atoms with van der Waals surface area (Å²) in [6, 6.07) is 4.86. The molecule has 1 heterocycles. The first kappa shape index (κ1) is 17.3. The summed E-state index contributed by atoms with van der Waals surface area (Å²) in [5.74, 6) is 0.491. The fourth-order valence-corrected chi connectivity index (χ4v) is 2.58. The van der Waals surface area contributed by atoms with E-state index >= 15 is 0 Å². The Kier molecular flexibility index (Phi) is 6.47. The Morgan fingerprint density at radius 2 is 1.96 bits per heavy atom. The van der Waals surface area contributed by atoms with Gasteiger partial charge in [0.2, 0.25) is 0 Å². The van der Waals surface area contributed by atoms with Crippen LogP contribution >= 0.6 is 0 Å². The number of unbranched alkanes of at least 4 members (excludes halogenated alkanes) is 4. The topological polar surface area (TPSA) is 79.9 Å². The van der Waals surface area contributed by atoms with Gasteiger partial charge in [0.25, 0.3) is 0 Å². The van der Waals surface area contributed by atoms with Gasteiger partial charge < -0.3 is 19.4 Å². The van der Waals surface area contributed by atoms with Crippen LogP contribution in [0.2, 0.25) is 0 Å². The quantitative estimate of drug-likeness (QED) is 0.547. The highest BCUT2D eigenvalue weighted by Crippen LogP contribution is 2.30. The summed E-state index contributed by atoms with van der Waals surface area (Å²) in [7, 11) is 0. The molecule has 0 saturated heterocycles. The van der Waals surface area contributed by atoms with Crippen molar-refractivity contribution in [3.63, 3.8) is 0 Å². The van der Waals surface area contributed by atoms with E-state index in [4.69, 9.17) is 14.3 Å². The number of hydrogen-bond donors (Lipinski definition) is 2. The minimum Gasteiger partial charge on any atom is -0.507 e. The number of aliphatic hydroxyl groups is 1. The van der Waals surface area contributed by atoms with Gasteiger partial charge in [0.1, 0.15) is 23.7 Å². The molecular formula is C18H24O5. The van der Waals surface area contributed by atoms with Gasteiger partial charge in [-0.3, -0.25) is 0 Å². The monoisotopic (exact) mass is 320 g/mol. The maximum absolute atomic E-state index is 12.0. The predicted molar refractivity (Wildman–Crippen MR) is 89.2 cm³/mol. The molecule has 1 aromatic carbocycles. The summed E-state index contributed by atoms with van der Waals surface area (Å²) < 4.78 is 10.6. The second kappa shape index (κ2) is 8.58. The van der Waals surface area contributed by atoms with Crippen LogP contribution < -0.4 is 10.4 Å². The van der Waals surface area contributed by atoms with Gasteiger partial charge in [-0.1, -0.05) is 32.6 Å². The van der Waals surface area contributed by atoms with Crippen molar-refractivity contribution >= 4 is 11.0 Å². The third kappa shape index (κ3) is 4.48. The Labute approximate surface area is 135 Å². The maximum Gasteiger partial charge on any atom is 0.343 e. The molecule has 0 amide bonds. The number of benzene rings is 1. The zero-order valence-corrected chi connectivity index (χ0v) is 13.5. The van der Waals surface area contributed by atoms with Gasteiger partial charge in [-0.25, -0.2) is 4.79 Å². The molecule has 1 aromatic heterocycles. The maximum atomic E-state index is 12.0. The molecule has 0 unspecified atom stereocenters. The molecule has 2 aromatic rings. The van der Waals surface area contributed by atoms with Crippen LogP contribution in [-0.2, 0) is 6.42 Å². The molecule has 0 aliphatic heterocycles. The highest BCUT2D eigenvalue weighted by Gasteiger charge is 2.14. The van der Waals surface area contributed by atoms with Crippen molar-refractivity contribution in [1.82, 2.24) is 0 Å². The van der Waals surface area contributed by atoms with E-state index < -0.39 is 5.63 Å². The van der Waals surface area contributed by atoms with E-state index in [0.717, 1.165) is 19.3 Å². The minimum absolute atomic E-state index is 0.0267. The third-order valence-corrected chi connectivity index (χ3v) is 3.83. The average molecular weight is 320 g/mol. The molecule has 0 fully saturated rings. The van der Waals surface area contributed by atoms with Crippen molar-refractivity contribution in [3.8, 4) is 11.5 Å². The molecule has 0 aliphatic carbocycles. The molecule has 0 aliphatic rings.